The Labute approximate surface area is 184 Å². The monoisotopic (exact) mass is 449 g/mol. The topological polar surface area (TPSA) is 78.9 Å². The van der Waals surface area contributed by atoms with Gasteiger partial charge >= 0.3 is 12.0 Å². The minimum absolute atomic E-state index is 0.0487. The van der Waals surface area contributed by atoms with Crippen molar-refractivity contribution in [1.82, 2.24) is 19.8 Å². The van der Waals surface area contributed by atoms with Crippen LogP contribution >= 0.6 is 23.2 Å². The normalized spacial score (nSPS) is 19.3. The maximum absolute atomic E-state index is 12.8. The molecule has 0 aliphatic carbocycles. The molecule has 0 N–H and O–H groups in total. The summed E-state index contributed by atoms with van der Waals surface area (Å²) < 4.78 is 5.79. The SMILES string of the molecule is O=C(CN1CCN(c2ccc(Cl)cc2)C1=O)N1CCCC(Oc2ncc(Cl)cn2)C1. The molecule has 3 heterocycles. The Morgan fingerprint density at radius 3 is 2.53 bits per heavy atom. The van der Waals surface area contributed by atoms with Crippen LogP contribution in [0.15, 0.2) is 36.7 Å². The third-order valence-corrected chi connectivity index (χ3v) is 5.61. The molecule has 158 valence electrons. The molecule has 10 heteroatoms. The molecule has 0 radical (unpaired) electrons. The summed E-state index contributed by atoms with van der Waals surface area (Å²) >= 11 is 11.7. The van der Waals surface area contributed by atoms with Crippen molar-refractivity contribution in [3.8, 4) is 6.01 Å². The predicted octanol–water partition coefficient (Wildman–Crippen LogP) is 3.10. The second-order valence-electron chi connectivity index (χ2n) is 7.24. The van der Waals surface area contributed by atoms with Gasteiger partial charge in [0, 0.05) is 30.3 Å². The number of benzene rings is 1. The summed E-state index contributed by atoms with van der Waals surface area (Å²) in [7, 11) is 0. The van der Waals surface area contributed by atoms with Gasteiger partial charge in [0.1, 0.15) is 12.6 Å². The molecule has 2 aliphatic rings. The van der Waals surface area contributed by atoms with Gasteiger partial charge in [-0.05, 0) is 37.1 Å². The van der Waals surface area contributed by atoms with Crippen molar-refractivity contribution in [1.29, 1.82) is 0 Å². The van der Waals surface area contributed by atoms with E-state index in [4.69, 9.17) is 27.9 Å². The van der Waals surface area contributed by atoms with E-state index in [0.29, 0.717) is 36.2 Å². The minimum Gasteiger partial charge on any atom is -0.458 e. The first kappa shape index (κ1) is 20.7. The number of aromatic nitrogens is 2. The zero-order valence-corrected chi connectivity index (χ0v) is 17.7. The van der Waals surface area contributed by atoms with Crippen molar-refractivity contribution in [2.24, 2.45) is 0 Å². The summed E-state index contributed by atoms with van der Waals surface area (Å²) in [6, 6.07) is 7.16. The number of anilines is 1. The predicted molar refractivity (Wildman–Crippen MR) is 113 cm³/mol. The van der Waals surface area contributed by atoms with Crippen LogP contribution in [0.25, 0.3) is 0 Å². The molecule has 2 fully saturated rings. The summed E-state index contributed by atoms with van der Waals surface area (Å²) in [4.78, 5) is 38.6. The van der Waals surface area contributed by atoms with E-state index < -0.39 is 0 Å². The molecular weight excluding hydrogens is 429 g/mol. The molecule has 1 aromatic carbocycles. The van der Waals surface area contributed by atoms with Gasteiger partial charge in [-0.15, -0.1) is 0 Å². The lowest BCUT2D eigenvalue weighted by Crippen LogP contribution is -2.48. The Bertz CT molecular complexity index is 910. The van der Waals surface area contributed by atoms with Crippen molar-refractivity contribution >= 4 is 40.8 Å². The number of halogens is 2. The van der Waals surface area contributed by atoms with Gasteiger partial charge in [0.15, 0.2) is 0 Å². The number of amides is 3. The molecule has 0 bridgehead atoms. The highest BCUT2D eigenvalue weighted by Gasteiger charge is 2.33. The lowest BCUT2D eigenvalue weighted by molar-refractivity contribution is -0.134. The Hall–Kier alpha value is -2.58. The standard InChI is InChI=1S/C20H21Cl2N5O3/c21-14-3-5-16(6-4-14)27-9-8-26(20(27)29)13-18(28)25-7-1-2-17(12-25)30-19-23-10-15(22)11-24-19/h3-6,10-11,17H,1-2,7-9,12-13H2. The Morgan fingerprint density at radius 2 is 1.80 bits per heavy atom. The van der Waals surface area contributed by atoms with Crippen LogP contribution in [-0.4, -0.2) is 70.5 Å². The lowest BCUT2D eigenvalue weighted by atomic mass is 10.1. The maximum atomic E-state index is 12.8. The lowest BCUT2D eigenvalue weighted by Gasteiger charge is -2.33. The average molecular weight is 450 g/mol. The van der Waals surface area contributed by atoms with Gasteiger partial charge in [-0.25, -0.2) is 14.8 Å². The Morgan fingerprint density at radius 1 is 1.07 bits per heavy atom. The summed E-state index contributed by atoms with van der Waals surface area (Å²) in [6.45, 7) is 2.16. The molecule has 2 saturated heterocycles. The number of carbonyl (C=O) groups is 2. The van der Waals surface area contributed by atoms with Crippen LogP contribution in [0.3, 0.4) is 0 Å². The Kier molecular flexibility index (Phi) is 6.24. The molecule has 1 aromatic heterocycles. The third kappa shape index (κ3) is 4.76. The van der Waals surface area contributed by atoms with Crippen molar-refractivity contribution < 1.29 is 14.3 Å². The van der Waals surface area contributed by atoms with Crippen molar-refractivity contribution in [3.05, 3.63) is 46.7 Å². The van der Waals surface area contributed by atoms with Crippen molar-refractivity contribution in [2.75, 3.05) is 37.6 Å². The van der Waals surface area contributed by atoms with Crippen LogP contribution in [0.2, 0.25) is 10.0 Å². The summed E-state index contributed by atoms with van der Waals surface area (Å²) in [5.74, 6) is -0.0911. The maximum Gasteiger partial charge on any atom is 0.325 e. The van der Waals surface area contributed by atoms with E-state index >= 15 is 0 Å². The van der Waals surface area contributed by atoms with Gasteiger partial charge in [-0.3, -0.25) is 9.69 Å². The zero-order valence-electron chi connectivity index (χ0n) is 16.2. The number of urea groups is 1. The molecule has 30 heavy (non-hydrogen) atoms. The molecule has 8 nitrogen and oxygen atoms in total. The van der Waals surface area contributed by atoms with E-state index in [2.05, 4.69) is 9.97 Å². The van der Waals surface area contributed by atoms with Gasteiger partial charge in [0.2, 0.25) is 5.91 Å². The van der Waals surface area contributed by atoms with Crippen LogP contribution in [0.4, 0.5) is 10.5 Å². The first-order valence-corrected chi connectivity index (χ1v) is 10.5. The molecule has 2 aliphatic heterocycles. The molecular formula is C20H21Cl2N5O3. The number of hydrogen-bond donors (Lipinski definition) is 0. The molecule has 0 spiro atoms. The van der Waals surface area contributed by atoms with Crippen LogP contribution < -0.4 is 9.64 Å². The number of nitrogens with zero attached hydrogens (tertiary/aromatic N) is 5. The van der Waals surface area contributed by atoms with E-state index in [1.54, 1.807) is 39.0 Å². The molecule has 4 rings (SSSR count). The first-order valence-electron chi connectivity index (χ1n) is 9.73. The van der Waals surface area contributed by atoms with Crippen LogP contribution in [0.5, 0.6) is 6.01 Å². The van der Waals surface area contributed by atoms with Crippen molar-refractivity contribution in [2.45, 2.75) is 18.9 Å². The summed E-state index contributed by atoms with van der Waals surface area (Å²) in [5, 5.41) is 1.05. The zero-order chi connectivity index (χ0) is 21.1. The van der Waals surface area contributed by atoms with Gasteiger partial charge in [-0.2, -0.15) is 0 Å². The Balaban J connectivity index is 1.32. The minimum atomic E-state index is -0.191. The highest BCUT2D eigenvalue weighted by atomic mass is 35.5. The number of piperidine rings is 1. The fraction of sp³-hybridized carbons (Fsp3) is 0.400. The summed E-state index contributed by atoms with van der Waals surface area (Å²) in [5.41, 5.74) is 0.772. The molecule has 1 atom stereocenters. The van der Waals surface area contributed by atoms with E-state index in [9.17, 15) is 9.59 Å². The van der Waals surface area contributed by atoms with Gasteiger partial charge in [0.05, 0.1) is 24.0 Å². The number of carbonyl (C=O) groups excluding carboxylic acids is 2. The smallest absolute Gasteiger partial charge is 0.325 e. The van der Waals surface area contributed by atoms with E-state index in [-0.39, 0.29) is 30.6 Å². The molecule has 2 aromatic rings. The first-order chi connectivity index (χ1) is 14.5. The third-order valence-electron chi connectivity index (χ3n) is 5.16. The number of rotatable bonds is 5. The second-order valence-corrected chi connectivity index (χ2v) is 8.11. The average Bonchev–Trinajstić information content (AvgIpc) is 3.11. The van der Waals surface area contributed by atoms with Crippen LogP contribution in [0, 0.1) is 0 Å². The molecule has 3 amide bonds. The van der Waals surface area contributed by atoms with E-state index in [0.717, 1.165) is 18.5 Å². The van der Waals surface area contributed by atoms with Gasteiger partial charge in [-0.1, -0.05) is 23.2 Å². The highest BCUT2D eigenvalue weighted by molar-refractivity contribution is 6.30. The van der Waals surface area contributed by atoms with Gasteiger partial charge < -0.3 is 14.5 Å². The fourth-order valence-corrected chi connectivity index (χ4v) is 3.85. The summed E-state index contributed by atoms with van der Waals surface area (Å²) in [6.07, 6.45) is 4.38. The van der Waals surface area contributed by atoms with E-state index in [1.807, 2.05) is 0 Å². The quantitative estimate of drug-likeness (QED) is 0.700. The van der Waals surface area contributed by atoms with Crippen molar-refractivity contribution in [3.63, 3.8) is 0 Å². The largest absolute Gasteiger partial charge is 0.458 e. The fourth-order valence-electron chi connectivity index (χ4n) is 3.62. The number of likely N-dealkylation sites (tertiary alicyclic amines) is 1. The van der Waals surface area contributed by atoms with Crippen LogP contribution in [-0.2, 0) is 4.79 Å². The number of hydrogen-bond acceptors (Lipinski definition) is 5. The van der Waals surface area contributed by atoms with Crippen LogP contribution in [0.1, 0.15) is 12.8 Å². The second kappa shape index (κ2) is 9.06. The molecule has 1 unspecified atom stereocenters. The van der Waals surface area contributed by atoms with E-state index in [1.165, 1.54) is 12.4 Å². The molecule has 0 saturated carbocycles. The highest BCUT2D eigenvalue weighted by Crippen LogP contribution is 2.23. The van der Waals surface area contributed by atoms with Gasteiger partial charge in [0.25, 0.3) is 0 Å². The number of ether oxygens (including phenoxy) is 1.